The van der Waals surface area contributed by atoms with Gasteiger partial charge in [-0.3, -0.25) is 14.5 Å². The first-order valence-electron chi connectivity index (χ1n) is 11.3. The second-order valence-electron chi connectivity index (χ2n) is 8.53. The van der Waals surface area contributed by atoms with Gasteiger partial charge < -0.3 is 13.7 Å². The molecule has 5 aromatic rings. The van der Waals surface area contributed by atoms with Gasteiger partial charge in [0.15, 0.2) is 11.2 Å². The van der Waals surface area contributed by atoms with Crippen molar-refractivity contribution in [3.8, 4) is 5.75 Å². The highest BCUT2D eigenvalue weighted by molar-refractivity contribution is 6.30. The van der Waals surface area contributed by atoms with Gasteiger partial charge in [-0.05, 0) is 54.4 Å². The number of anilines is 1. The molecule has 8 heteroatoms. The van der Waals surface area contributed by atoms with Crippen LogP contribution in [0.1, 0.15) is 39.0 Å². The molecule has 0 radical (unpaired) electrons. The Balaban J connectivity index is 1.40. The summed E-state index contributed by atoms with van der Waals surface area (Å²) in [6, 6.07) is 22.5. The summed E-state index contributed by atoms with van der Waals surface area (Å²) in [5.74, 6) is 1.05. The normalized spacial score (nSPS) is 14.9. The van der Waals surface area contributed by atoms with E-state index in [0.29, 0.717) is 45.5 Å². The molecule has 1 aliphatic heterocycles. The van der Waals surface area contributed by atoms with E-state index in [4.69, 9.17) is 25.3 Å². The number of para-hydroxylation sites is 1. The second kappa shape index (κ2) is 8.70. The number of halogens is 1. The molecule has 36 heavy (non-hydrogen) atoms. The van der Waals surface area contributed by atoms with Crippen molar-refractivity contribution < 1.29 is 18.5 Å². The number of nitrogens with zero attached hydrogens (tertiary/aromatic N) is 2. The van der Waals surface area contributed by atoms with Crippen molar-refractivity contribution in [1.82, 2.24) is 5.16 Å². The van der Waals surface area contributed by atoms with E-state index in [1.54, 1.807) is 37.3 Å². The van der Waals surface area contributed by atoms with Crippen molar-refractivity contribution in [3.05, 3.63) is 122 Å². The minimum Gasteiger partial charge on any atom is -0.489 e. The summed E-state index contributed by atoms with van der Waals surface area (Å²) in [5, 5.41) is 5.12. The Morgan fingerprint density at radius 2 is 1.75 bits per heavy atom. The van der Waals surface area contributed by atoms with Crippen molar-refractivity contribution in [2.45, 2.75) is 19.6 Å². The molecule has 0 unspecified atom stereocenters. The second-order valence-corrected chi connectivity index (χ2v) is 8.96. The zero-order valence-electron chi connectivity index (χ0n) is 19.1. The summed E-state index contributed by atoms with van der Waals surface area (Å²) in [7, 11) is 0. The van der Waals surface area contributed by atoms with E-state index in [1.165, 1.54) is 4.90 Å². The lowest BCUT2D eigenvalue weighted by Gasteiger charge is -2.22. The van der Waals surface area contributed by atoms with E-state index in [1.807, 2.05) is 48.5 Å². The third kappa shape index (κ3) is 3.74. The molecular weight excluding hydrogens is 480 g/mol. The molecule has 1 amide bonds. The van der Waals surface area contributed by atoms with Gasteiger partial charge in [0.25, 0.3) is 5.91 Å². The van der Waals surface area contributed by atoms with Crippen molar-refractivity contribution in [2.24, 2.45) is 0 Å². The molecule has 0 saturated heterocycles. The van der Waals surface area contributed by atoms with Gasteiger partial charge in [0.2, 0.25) is 5.76 Å². The van der Waals surface area contributed by atoms with E-state index >= 15 is 0 Å². The zero-order chi connectivity index (χ0) is 24.8. The fourth-order valence-electron chi connectivity index (χ4n) is 4.43. The van der Waals surface area contributed by atoms with Crippen LogP contribution in [0.5, 0.6) is 5.75 Å². The predicted octanol–water partition coefficient (Wildman–Crippen LogP) is 6.07. The maximum Gasteiger partial charge on any atom is 0.296 e. The number of benzene rings is 3. The molecular formula is C28H19ClN2O5. The van der Waals surface area contributed by atoms with Crippen LogP contribution in [0.2, 0.25) is 5.02 Å². The Hall–Kier alpha value is -4.36. The summed E-state index contributed by atoms with van der Waals surface area (Å²) in [6.07, 6.45) is 0. The standard InChI is InChI=1S/C28H19ClN2O5/c1-16-14-23(30-36-16)31-25(24-26(32)21-4-2-3-5-22(21)35-27(24)28(31)33)18-8-12-20(13-9-18)34-15-17-6-10-19(29)11-7-17/h2-14,25H,15H2,1H3/t25-/m0/s1. The molecule has 6 rings (SSSR count). The summed E-state index contributed by atoms with van der Waals surface area (Å²) >= 11 is 5.95. The third-order valence-electron chi connectivity index (χ3n) is 6.15. The number of fused-ring (bicyclic) bond motifs is 2. The SMILES string of the molecule is Cc1cc(N2C(=O)c3oc4ccccc4c(=O)c3[C@@H]2c2ccc(OCc3ccc(Cl)cc3)cc2)no1. The van der Waals surface area contributed by atoms with Crippen LogP contribution >= 0.6 is 11.6 Å². The highest BCUT2D eigenvalue weighted by Crippen LogP contribution is 2.41. The van der Waals surface area contributed by atoms with Crippen LogP contribution in [0.25, 0.3) is 11.0 Å². The molecule has 0 N–H and O–H groups in total. The van der Waals surface area contributed by atoms with Gasteiger partial charge in [-0.2, -0.15) is 0 Å². The summed E-state index contributed by atoms with van der Waals surface area (Å²) in [6.45, 7) is 2.12. The molecule has 178 valence electrons. The maximum atomic E-state index is 13.6. The molecule has 1 atom stereocenters. The smallest absolute Gasteiger partial charge is 0.296 e. The van der Waals surface area contributed by atoms with Crippen LogP contribution in [-0.4, -0.2) is 11.1 Å². The topological polar surface area (TPSA) is 85.8 Å². The average Bonchev–Trinajstić information content (AvgIpc) is 3.45. The van der Waals surface area contributed by atoms with Crippen LogP contribution in [-0.2, 0) is 6.61 Å². The maximum absolute atomic E-state index is 13.6. The number of rotatable bonds is 5. The molecule has 2 aromatic heterocycles. The first kappa shape index (κ1) is 22.1. The van der Waals surface area contributed by atoms with E-state index < -0.39 is 11.9 Å². The van der Waals surface area contributed by atoms with Gasteiger partial charge >= 0.3 is 0 Å². The Kier molecular flexibility index (Phi) is 5.34. The van der Waals surface area contributed by atoms with Crippen LogP contribution in [0, 0.1) is 6.92 Å². The summed E-state index contributed by atoms with van der Waals surface area (Å²) in [5.41, 5.74) is 2.07. The molecule has 0 fully saturated rings. The fourth-order valence-corrected chi connectivity index (χ4v) is 4.56. The number of hydrogen-bond acceptors (Lipinski definition) is 6. The quantitative estimate of drug-likeness (QED) is 0.292. The van der Waals surface area contributed by atoms with E-state index in [2.05, 4.69) is 5.16 Å². The van der Waals surface area contributed by atoms with E-state index in [-0.39, 0.29) is 16.8 Å². The first-order valence-corrected chi connectivity index (χ1v) is 11.7. The molecule has 1 aliphatic rings. The molecule has 3 heterocycles. The lowest BCUT2D eigenvalue weighted by atomic mass is 9.98. The molecule has 0 spiro atoms. The number of aryl methyl sites for hydroxylation is 1. The number of hydrogen-bond donors (Lipinski definition) is 0. The van der Waals surface area contributed by atoms with Gasteiger partial charge in [-0.15, -0.1) is 0 Å². The van der Waals surface area contributed by atoms with Gasteiger partial charge in [0, 0.05) is 11.1 Å². The van der Waals surface area contributed by atoms with Crippen LogP contribution in [0.3, 0.4) is 0 Å². The van der Waals surface area contributed by atoms with Crippen LogP contribution in [0.4, 0.5) is 5.82 Å². The largest absolute Gasteiger partial charge is 0.489 e. The number of amides is 1. The molecule has 0 bridgehead atoms. The van der Waals surface area contributed by atoms with Crippen molar-refractivity contribution in [1.29, 1.82) is 0 Å². The van der Waals surface area contributed by atoms with Crippen LogP contribution < -0.4 is 15.1 Å². The predicted molar refractivity (Wildman–Crippen MR) is 135 cm³/mol. The minimum atomic E-state index is -0.733. The van der Waals surface area contributed by atoms with E-state index in [0.717, 1.165) is 5.56 Å². The Bertz CT molecular complexity index is 1650. The molecule has 7 nitrogen and oxygen atoms in total. The Morgan fingerprint density at radius 3 is 2.47 bits per heavy atom. The Labute approximate surface area is 210 Å². The molecule has 3 aromatic carbocycles. The van der Waals surface area contributed by atoms with Gasteiger partial charge in [-0.1, -0.05) is 53.2 Å². The average molecular weight is 499 g/mol. The number of ether oxygens (including phenoxy) is 1. The highest BCUT2D eigenvalue weighted by atomic mass is 35.5. The summed E-state index contributed by atoms with van der Waals surface area (Å²) in [4.78, 5) is 28.5. The van der Waals surface area contributed by atoms with Gasteiger partial charge in [0.1, 0.15) is 23.7 Å². The first-order chi connectivity index (χ1) is 17.5. The number of carbonyl (C=O) groups excluding carboxylic acids is 1. The van der Waals surface area contributed by atoms with Crippen LogP contribution in [0.15, 0.2) is 92.6 Å². The zero-order valence-corrected chi connectivity index (χ0v) is 19.9. The lowest BCUT2D eigenvalue weighted by molar-refractivity contribution is 0.0969. The molecule has 0 saturated carbocycles. The van der Waals surface area contributed by atoms with E-state index in [9.17, 15) is 9.59 Å². The lowest BCUT2D eigenvalue weighted by Crippen LogP contribution is -2.29. The van der Waals surface area contributed by atoms with Crippen molar-refractivity contribution in [3.63, 3.8) is 0 Å². The van der Waals surface area contributed by atoms with Gasteiger partial charge in [0.05, 0.1) is 17.0 Å². The third-order valence-corrected chi connectivity index (χ3v) is 6.41. The number of carbonyl (C=O) groups is 1. The minimum absolute atomic E-state index is 0.00687. The summed E-state index contributed by atoms with van der Waals surface area (Å²) < 4.78 is 17.1. The van der Waals surface area contributed by atoms with Gasteiger partial charge in [-0.25, -0.2) is 0 Å². The van der Waals surface area contributed by atoms with Crippen molar-refractivity contribution >= 4 is 34.3 Å². The highest BCUT2D eigenvalue weighted by Gasteiger charge is 2.44. The fraction of sp³-hybridized carbons (Fsp3) is 0.107. The Morgan fingerprint density at radius 1 is 1.00 bits per heavy atom. The number of aromatic nitrogens is 1. The molecule has 0 aliphatic carbocycles. The van der Waals surface area contributed by atoms with Crippen molar-refractivity contribution in [2.75, 3.05) is 4.90 Å². The monoisotopic (exact) mass is 498 g/mol.